The highest BCUT2D eigenvalue weighted by Gasteiger charge is 2.03. The molecule has 0 saturated carbocycles. The predicted octanol–water partition coefficient (Wildman–Crippen LogP) is 3.43. The molecule has 0 aliphatic heterocycles. The summed E-state index contributed by atoms with van der Waals surface area (Å²) in [5, 5.41) is 5.51. The van der Waals surface area contributed by atoms with E-state index in [9.17, 15) is 0 Å². The Balaban J connectivity index is 1.86. The molecule has 4 heteroatoms. The Kier molecular flexibility index (Phi) is 5.18. The molecule has 0 radical (unpaired) electrons. The molecule has 0 atom stereocenters. The van der Waals surface area contributed by atoms with Gasteiger partial charge in [0.15, 0.2) is 0 Å². The van der Waals surface area contributed by atoms with Crippen LogP contribution in [0.5, 0.6) is 0 Å². The number of nitrogens with zero attached hydrogens (tertiary/aromatic N) is 1. The molecule has 0 bridgehead atoms. The van der Waals surface area contributed by atoms with Gasteiger partial charge in [0, 0.05) is 36.3 Å². The van der Waals surface area contributed by atoms with Crippen LogP contribution in [0, 0.1) is 0 Å². The highest BCUT2D eigenvalue weighted by Crippen LogP contribution is 2.27. The van der Waals surface area contributed by atoms with Crippen LogP contribution in [0.25, 0.3) is 10.8 Å². The van der Waals surface area contributed by atoms with E-state index in [2.05, 4.69) is 24.1 Å². The van der Waals surface area contributed by atoms with Gasteiger partial charge in [-0.2, -0.15) is 0 Å². The Morgan fingerprint density at radius 2 is 2.10 bits per heavy atom. The first-order valence-electron chi connectivity index (χ1n) is 7.16. The van der Waals surface area contributed by atoms with Gasteiger partial charge in [0.2, 0.25) is 0 Å². The molecule has 0 fully saturated rings. The van der Waals surface area contributed by atoms with Crippen molar-refractivity contribution in [1.29, 1.82) is 0 Å². The van der Waals surface area contributed by atoms with Gasteiger partial charge in [0.1, 0.15) is 0 Å². The molecular formula is C16H23N3O. The van der Waals surface area contributed by atoms with E-state index in [0.29, 0.717) is 6.10 Å². The van der Waals surface area contributed by atoms with Gasteiger partial charge < -0.3 is 15.8 Å². The van der Waals surface area contributed by atoms with Crippen molar-refractivity contribution in [2.45, 2.75) is 32.8 Å². The molecular weight excluding hydrogens is 250 g/mol. The minimum Gasteiger partial charge on any atom is -0.397 e. The number of nitrogens with two attached hydrogens (primary N) is 1. The molecule has 2 aromatic rings. The normalized spacial score (nSPS) is 11.2. The molecule has 1 aromatic heterocycles. The summed E-state index contributed by atoms with van der Waals surface area (Å²) >= 11 is 0. The maximum atomic E-state index is 6.18. The molecule has 0 aliphatic carbocycles. The van der Waals surface area contributed by atoms with Crippen molar-refractivity contribution >= 4 is 22.1 Å². The molecule has 20 heavy (non-hydrogen) atoms. The van der Waals surface area contributed by atoms with Gasteiger partial charge in [-0.05, 0) is 38.8 Å². The monoisotopic (exact) mass is 273 g/mol. The van der Waals surface area contributed by atoms with Crippen molar-refractivity contribution in [3.05, 3.63) is 30.6 Å². The third-order valence-corrected chi connectivity index (χ3v) is 3.20. The fraction of sp³-hybridized carbons (Fsp3) is 0.438. The average molecular weight is 273 g/mol. The first-order valence-corrected chi connectivity index (χ1v) is 7.16. The number of hydrogen-bond acceptors (Lipinski definition) is 4. The number of nitrogen functional groups attached to an aromatic ring is 1. The number of unbranched alkanes of at least 4 members (excludes halogenated alkanes) is 1. The van der Waals surface area contributed by atoms with Crippen molar-refractivity contribution < 1.29 is 4.74 Å². The standard InChI is InChI=1S/C16H23N3O/c1-12(2)20-10-4-3-8-19-15-6-5-13-11-18-9-7-14(13)16(15)17/h5-7,9,11-12,19H,3-4,8,10,17H2,1-2H3. The first-order chi connectivity index (χ1) is 9.68. The van der Waals surface area contributed by atoms with Crippen LogP contribution in [0.2, 0.25) is 0 Å². The van der Waals surface area contributed by atoms with Crippen LogP contribution in [-0.4, -0.2) is 24.2 Å². The van der Waals surface area contributed by atoms with Gasteiger partial charge in [-0.25, -0.2) is 0 Å². The third-order valence-electron chi connectivity index (χ3n) is 3.20. The molecule has 108 valence electrons. The Morgan fingerprint density at radius 1 is 1.25 bits per heavy atom. The summed E-state index contributed by atoms with van der Waals surface area (Å²) in [6, 6.07) is 6.01. The van der Waals surface area contributed by atoms with E-state index in [0.717, 1.165) is 48.1 Å². The minimum absolute atomic E-state index is 0.313. The van der Waals surface area contributed by atoms with E-state index >= 15 is 0 Å². The van der Waals surface area contributed by atoms with Crippen LogP contribution in [0.1, 0.15) is 26.7 Å². The van der Waals surface area contributed by atoms with Crippen molar-refractivity contribution in [3.8, 4) is 0 Å². The summed E-state index contributed by atoms with van der Waals surface area (Å²) < 4.78 is 5.52. The lowest BCUT2D eigenvalue weighted by molar-refractivity contribution is 0.0765. The summed E-state index contributed by atoms with van der Waals surface area (Å²) in [5.41, 5.74) is 7.97. The third kappa shape index (κ3) is 3.84. The number of aromatic nitrogens is 1. The van der Waals surface area contributed by atoms with E-state index in [4.69, 9.17) is 10.5 Å². The van der Waals surface area contributed by atoms with E-state index in [1.165, 1.54) is 0 Å². The lowest BCUT2D eigenvalue weighted by atomic mass is 10.1. The number of nitrogens with one attached hydrogen (secondary N) is 1. The summed E-state index contributed by atoms with van der Waals surface area (Å²) in [4.78, 5) is 4.10. The highest BCUT2D eigenvalue weighted by atomic mass is 16.5. The lowest BCUT2D eigenvalue weighted by Gasteiger charge is -2.12. The van der Waals surface area contributed by atoms with Gasteiger partial charge in [-0.15, -0.1) is 0 Å². The number of rotatable bonds is 7. The Labute approximate surface area is 120 Å². The second-order valence-electron chi connectivity index (χ2n) is 5.18. The molecule has 0 amide bonds. The fourth-order valence-corrected chi connectivity index (χ4v) is 2.12. The summed E-state index contributed by atoms with van der Waals surface area (Å²) in [6.07, 6.45) is 6.04. The molecule has 3 N–H and O–H groups in total. The number of ether oxygens (including phenoxy) is 1. The molecule has 0 spiro atoms. The average Bonchev–Trinajstić information content (AvgIpc) is 2.45. The molecule has 0 aliphatic rings. The maximum absolute atomic E-state index is 6.18. The van der Waals surface area contributed by atoms with Crippen LogP contribution in [0.4, 0.5) is 11.4 Å². The van der Waals surface area contributed by atoms with E-state index in [-0.39, 0.29) is 0 Å². The predicted molar refractivity (Wildman–Crippen MR) is 85.0 cm³/mol. The highest BCUT2D eigenvalue weighted by molar-refractivity contribution is 5.98. The number of benzene rings is 1. The molecule has 0 saturated heterocycles. The van der Waals surface area contributed by atoms with Gasteiger partial charge in [0.25, 0.3) is 0 Å². The van der Waals surface area contributed by atoms with Gasteiger partial charge in [-0.1, -0.05) is 6.07 Å². The van der Waals surface area contributed by atoms with Crippen LogP contribution in [-0.2, 0) is 4.74 Å². The quantitative estimate of drug-likeness (QED) is 0.599. The first kappa shape index (κ1) is 14.6. The van der Waals surface area contributed by atoms with Crippen LogP contribution in [0.3, 0.4) is 0 Å². The SMILES string of the molecule is CC(C)OCCCCNc1ccc2cnccc2c1N. The van der Waals surface area contributed by atoms with Gasteiger partial charge in [-0.3, -0.25) is 4.98 Å². The second-order valence-corrected chi connectivity index (χ2v) is 5.18. The summed E-state index contributed by atoms with van der Waals surface area (Å²) in [6.45, 7) is 5.84. The Bertz CT molecular complexity index is 554. The van der Waals surface area contributed by atoms with Crippen molar-refractivity contribution in [3.63, 3.8) is 0 Å². The molecule has 1 heterocycles. The van der Waals surface area contributed by atoms with Crippen molar-refractivity contribution in [2.24, 2.45) is 0 Å². The summed E-state index contributed by atoms with van der Waals surface area (Å²) in [5.74, 6) is 0. The van der Waals surface area contributed by atoms with Crippen LogP contribution >= 0.6 is 0 Å². The summed E-state index contributed by atoms with van der Waals surface area (Å²) in [7, 11) is 0. The molecule has 1 aromatic carbocycles. The van der Waals surface area contributed by atoms with Gasteiger partial charge >= 0.3 is 0 Å². The topological polar surface area (TPSA) is 60.2 Å². The zero-order valence-corrected chi connectivity index (χ0v) is 12.2. The van der Waals surface area contributed by atoms with E-state index < -0.39 is 0 Å². The van der Waals surface area contributed by atoms with Crippen LogP contribution in [0.15, 0.2) is 30.6 Å². The number of anilines is 2. The number of fused-ring (bicyclic) bond motifs is 1. The van der Waals surface area contributed by atoms with E-state index in [1.54, 1.807) is 6.20 Å². The molecule has 2 rings (SSSR count). The maximum Gasteiger partial charge on any atom is 0.0630 e. The second kappa shape index (κ2) is 7.10. The molecule has 4 nitrogen and oxygen atoms in total. The molecule has 0 unspecified atom stereocenters. The zero-order valence-electron chi connectivity index (χ0n) is 12.2. The fourth-order valence-electron chi connectivity index (χ4n) is 2.12. The Morgan fingerprint density at radius 3 is 2.90 bits per heavy atom. The largest absolute Gasteiger partial charge is 0.397 e. The lowest BCUT2D eigenvalue weighted by Crippen LogP contribution is -2.08. The number of hydrogen-bond donors (Lipinski definition) is 2. The van der Waals surface area contributed by atoms with Crippen molar-refractivity contribution in [1.82, 2.24) is 4.98 Å². The van der Waals surface area contributed by atoms with Crippen molar-refractivity contribution in [2.75, 3.05) is 24.2 Å². The van der Waals surface area contributed by atoms with Gasteiger partial charge in [0.05, 0.1) is 17.5 Å². The number of pyridine rings is 1. The Hall–Kier alpha value is -1.81. The van der Waals surface area contributed by atoms with Crippen LogP contribution < -0.4 is 11.1 Å². The smallest absolute Gasteiger partial charge is 0.0630 e. The minimum atomic E-state index is 0.313. The zero-order chi connectivity index (χ0) is 14.4. The van der Waals surface area contributed by atoms with E-state index in [1.807, 2.05) is 24.4 Å².